The quantitative estimate of drug-likeness (QED) is 0.839. The summed E-state index contributed by atoms with van der Waals surface area (Å²) >= 11 is 0. The number of fused-ring (bicyclic) bond motifs is 1. The highest BCUT2D eigenvalue weighted by Gasteiger charge is 2.20. The molecule has 18 heavy (non-hydrogen) atoms. The Kier molecular flexibility index (Phi) is 2.67. The molecule has 2 N–H and O–H groups in total. The topological polar surface area (TPSA) is 53.1 Å². The summed E-state index contributed by atoms with van der Waals surface area (Å²) < 4.78 is 0. The third-order valence-corrected chi connectivity index (χ3v) is 3.53. The molecule has 3 heteroatoms. The number of H-pyrrole nitrogens is 1. The summed E-state index contributed by atoms with van der Waals surface area (Å²) in [4.78, 5) is 14.4. The molecule has 1 aliphatic carbocycles. The number of nitrogens with one attached hydrogen (secondary N) is 1. The smallest absolute Gasteiger partial charge is 0.352 e. The van der Waals surface area contributed by atoms with Gasteiger partial charge in [-0.2, -0.15) is 0 Å². The molecule has 1 aromatic carbocycles. The van der Waals surface area contributed by atoms with Crippen LogP contribution in [-0.4, -0.2) is 16.1 Å². The summed E-state index contributed by atoms with van der Waals surface area (Å²) in [5.74, 6) is -0.882. The van der Waals surface area contributed by atoms with Gasteiger partial charge in [-0.3, -0.25) is 0 Å². The van der Waals surface area contributed by atoms with Crippen LogP contribution in [0.5, 0.6) is 0 Å². The summed E-state index contributed by atoms with van der Waals surface area (Å²) in [5, 5.41) is 10.4. The van der Waals surface area contributed by atoms with E-state index >= 15 is 0 Å². The van der Waals surface area contributed by atoms with Gasteiger partial charge in [-0.05, 0) is 37.3 Å². The van der Waals surface area contributed by atoms with Crippen molar-refractivity contribution in [3.63, 3.8) is 0 Å². The zero-order valence-electron chi connectivity index (χ0n) is 10.1. The average Bonchev–Trinajstić information content (AvgIpc) is 2.79. The molecule has 1 heterocycles. The second-order valence-electron chi connectivity index (χ2n) is 4.70. The molecule has 92 valence electrons. The molecule has 2 aromatic rings. The number of aromatic amines is 1. The van der Waals surface area contributed by atoms with E-state index in [9.17, 15) is 9.90 Å². The van der Waals surface area contributed by atoms with Crippen LogP contribution in [0.25, 0.3) is 16.5 Å². The molecule has 1 aliphatic rings. The molecule has 0 fully saturated rings. The van der Waals surface area contributed by atoms with E-state index in [1.54, 1.807) is 0 Å². The van der Waals surface area contributed by atoms with Crippen molar-refractivity contribution in [1.29, 1.82) is 0 Å². The normalized spacial score (nSPS) is 15.7. The van der Waals surface area contributed by atoms with Crippen molar-refractivity contribution in [2.45, 2.75) is 25.7 Å². The molecule has 0 radical (unpaired) electrons. The fraction of sp³-hybridized carbons (Fsp3) is 0.267. The minimum atomic E-state index is -0.882. The Balaban J connectivity index is 2.27. The summed E-state index contributed by atoms with van der Waals surface area (Å²) in [6, 6.07) is 7.79. The van der Waals surface area contributed by atoms with Gasteiger partial charge < -0.3 is 10.1 Å². The number of hydrogen-bond donors (Lipinski definition) is 2. The number of carboxylic acid groups (broad SMARTS) is 1. The monoisotopic (exact) mass is 241 g/mol. The molecular formula is C15H15NO2. The number of aromatic carboxylic acids is 1. The molecule has 0 saturated heterocycles. The second kappa shape index (κ2) is 4.33. The molecule has 0 unspecified atom stereocenters. The molecule has 0 aliphatic heterocycles. The maximum atomic E-state index is 11.4. The predicted molar refractivity (Wildman–Crippen MR) is 71.7 cm³/mol. The Morgan fingerprint density at radius 1 is 1.22 bits per heavy atom. The fourth-order valence-corrected chi connectivity index (χ4v) is 2.70. The highest BCUT2D eigenvalue weighted by molar-refractivity contribution is 6.04. The van der Waals surface area contributed by atoms with Gasteiger partial charge in [0.2, 0.25) is 0 Å². The summed E-state index contributed by atoms with van der Waals surface area (Å²) in [6.07, 6.45) is 6.56. The zero-order valence-corrected chi connectivity index (χ0v) is 10.1. The van der Waals surface area contributed by atoms with E-state index in [1.807, 2.05) is 24.3 Å². The van der Waals surface area contributed by atoms with E-state index in [-0.39, 0.29) is 0 Å². The van der Waals surface area contributed by atoms with E-state index in [0.717, 1.165) is 35.7 Å². The first-order valence-electron chi connectivity index (χ1n) is 6.31. The number of aromatic nitrogens is 1. The third kappa shape index (κ3) is 1.72. The van der Waals surface area contributed by atoms with Crippen molar-refractivity contribution in [2.24, 2.45) is 0 Å². The lowest BCUT2D eigenvalue weighted by molar-refractivity contribution is 0.0691. The molecule has 3 rings (SSSR count). The largest absolute Gasteiger partial charge is 0.477 e. The number of carboxylic acids is 1. The van der Waals surface area contributed by atoms with Crippen LogP contribution in [0.2, 0.25) is 0 Å². The van der Waals surface area contributed by atoms with E-state index < -0.39 is 5.97 Å². The molecule has 0 spiro atoms. The van der Waals surface area contributed by atoms with Crippen LogP contribution in [-0.2, 0) is 0 Å². The van der Waals surface area contributed by atoms with Gasteiger partial charge in [0.1, 0.15) is 5.69 Å². The van der Waals surface area contributed by atoms with Crippen LogP contribution in [0.3, 0.4) is 0 Å². The molecule has 0 bridgehead atoms. The fourth-order valence-electron chi connectivity index (χ4n) is 2.70. The van der Waals surface area contributed by atoms with Gasteiger partial charge in [-0.1, -0.05) is 24.3 Å². The van der Waals surface area contributed by atoms with Crippen LogP contribution in [0, 0.1) is 0 Å². The summed E-state index contributed by atoms with van der Waals surface area (Å²) in [7, 11) is 0. The lowest BCUT2D eigenvalue weighted by Gasteiger charge is -2.13. The van der Waals surface area contributed by atoms with Crippen LogP contribution >= 0.6 is 0 Å². The Hall–Kier alpha value is -2.03. The van der Waals surface area contributed by atoms with E-state index in [0.29, 0.717) is 5.69 Å². The zero-order chi connectivity index (χ0) is 12.5. The van der Waals surface area contributed by atoms with Crippen molar-refractivity contribution in [3.05, 3.63) is 41.6 Å². The number of benzene rings is 1. The number of hydrogen-bond acceptors (Lipinski definition) is 1. The first kappa shape index (κ1) is 11.1. The Morgan fingerprint density at radius 3 is 2.78 bits per heavy atom. The maximum Gasteiger partial charge on any atom is 0.352 e. The van der Waals surface area contributed by atoms with Crippen LogP contribution in [0.1, 0.15) is 41.7 Å². The molecule has 0 atom stereocenters. The van der Waals surface area contributed by atoms with Gasteiger partial charge in [-0.15, -0.1) is 0 Å². The van der Waals surface area contributed by atoms with E-state index in [2.05, 4.69) is 11.1 Å². The Morgan fingerprint density at radius 2 is 2.06 bits per heavy atom. The Labute approximate surface area is 105 Å². The highest BCUT2D eigenvalue weighted by atomic mass is 16.4. The van der Waals surface area contributed by atoms with Crippen LogP contribution < -0.4 is 0 Å². The summed E-state index contributed by atoms with van der Waals surface area (Å²) in [6.45, 7) is 0. The standard InChI is InChI=1S/C15H15NO2/c17-15(18)14-13(10-6-2-1-3-7-10)11-8-4-5-9-12(11)16-14/h4-6,8-9,16H,1-3,7H2,(H,17,18). The van der Waals surface area contributed by atoms with Gasteiger partial charge in [-0.25, -0.2) is 4.79 Å². The number of rotatable bonds is 2. The third-order valence-electron chi connectivity index (χ3n) is 3.53. The molecular weight excluding hydrogens is 226 g/mol. The average molecular weight is 241 g/mol. The summed E-state index contributed by atoms with van der Waals surface area (Å²) in [5.41, 5.74) is 3.29. The number of allylic oxidation sites excluding steroid dienone is 2. The minimum absolute atomic E-state index is 0.323. The maximum absolute atomic E-state index is 11.4. The van der Waals surface area contributed by atoms with E-state index in [1.165, 1.54) is 12.0 Å². The molecule has 0 saturated carbocycles. The van der Waals surface area contributed by atoms with Gasteiger partial charge in [0.25, 0.3) is 0 Å². The number of para-hydroxylation sites is 1. The van der Waals surface area contributed by atoms with Gasteiger partial charge in [0, 0.05) is 16.5 Å². The van der Waals surface area contributed by atoms with Crippen molar-refractivity contribution >= 4 is 22.4 Å². The lowest BCUT2D eigenvalue weighted by atomic mass is 9.92. The first-order chi connectivity index (χ1) is 8.77. The molecule has 1 aromatic heterocycles. The number of carbonyl (C=O) groups is 1. The molecule has 3 nitrogen and oxygen atoms in total. The van der Waals surface area contributed by atoms with Gasteiger partial charge in [0.05, 0.1) is 0 Å². The van der Waals surface area contributed by atoms with Gasteiger partial charge >= 0.3 is 5.97 Å². The minimum Gasteiger partial charge on any atom is -0.477 e. The first-order valence-corrected chi connectivity index (χ1v) is 6.31. The van der Waals surface area contributed by atoms with E-state index in [4.69, 9.17) is 0 Å². The van der Waals surface area contributed by atoms with Crippen LogP contribution in [0.15, 0.2) is 30.3 Å². The highest BCUT2D eigenvalue weighted by Crippen LogP contribution is 2.34. The van der Waals surface area contributed by atoms with Crippen molar-refractivity contribution < 1.29 is 9.90 Å². The van der Waals surface area contributed by atoms with Crippen LogP contribution in [0.4, 0.5) is 0 Å². The Bertz CT molecular complexity index is 637. The SMILES string of the molecule is O=C(O)c1[nH]c2ccccc2c1C1=CCCCC1. The lowest BCUT2D eigenvalue weighted by Crippen LogP contribution is -2.02. The van der Waals surface area contributed by atoms with Crippen molar-refractivity contribution in [3.8, 4) is 0 Å². The molecule has 0 amide bonds. The van der Waals surface area contributed by atoms with Crippen molar-refractivity contribution in [2.75, 3.05) is 0 Å². The van der Waals surface area contributed by atoms with Gasteiger partial charge in [0.15, 0.2) is 0 Å². The van der Waals surface area contributed by atoms with Crippen molar-refractivity contribution in [1.82, 2.24) is 4.98 Å². The second-order valence-corrected chi connectivity index (χ2v) is 4.70. The predicted octanol–water partition coefficient (Wildman–Crippen LogP) is 3.82.